The molecule has 1 heterocycles. The lowest BCUT2D eigenvalue weighted by Gasteiger charge is -2.05. The monoisotopic (exact) mass is 466 g/mol. The van der Waals surface area contributed by atoms with Gasteiger partial charge in [0.15, 0.2) is 18.9 Å². The van der Waals surface area contributed by atoms with Gasteiger partial charge in [-0.25, -0.2) is 9.36 Å². The Morgan fingerprint density at radius 2 is 1.12 bits per heavy atom. The quantitative estimate of drug-likeness (QED) is 0.111. The van der Waals surface area contributed by atoms with Gasteiger partial charge in [0.05, 0.1) is 12.2 Å². The van der Waals surface area contributed by atoms with E-state index in [0.717, 1.165) is 19.4 Å². The lowest BCUT2D eigenvalue weighted by Crippen LogP contribution is -2.33. The second-order valence-electron chi connectivity index (χ2n) is 9.68. The smallest absolute Gasteiger partial charge is 0.338 e. The summed E-state index contributed by atoms with van der Waals surface area (Å²) in [5.41, 5.74) is 1.87. The van der Waals surface area contributed by atoms with Gasteiger partial charge >= 0.3 is 5.97 Å². The number of nitrogens with zero attached hydrogens (tertiary/aromatic N) is 1. The fraction of sp³-hybridized carbons (Fsp3) is 0.613. The fourth-order valence-corrected chi connectivity index (χ4v) is 4.39. The van der Waals surface area contributed by atoms with Gasteiger partial charge in [-0.1, -0.05) is 134 Å². The lowest BCUT2D eigenvalue weighted by atomic mass is 10.0. The Morgan fingerprint density at radius 1 is 0.647 bits per heavy atom. The normalized spacial score (nSPS) is 11.0. The van der Waals surface area contributed by atoms with E-state index < -0.39 is 0 Å². The number of rotatable bonds is 20. The molecule has 0 bridgehead atoms. The summed E-state index contributed by atoms with van der Waals surface area (Å²) in [6.07, 6.45) is 25.5. The fourth-order valence-electron chi connectivity index (χ4n) is 4.39. The van der Waals surface area contributed by atoms with Crippen molar-refractivity contribution >= 4 is 5.97 Å². The van der Waals surface area contributed by atoms with Gasteiger partial charge in [-0.15, -0.1) is 0 Å². The van der Waals surface area contributed by atoms with E-state index in [1.54, 1.807) is 0 Å². The van der Waals surface area contributed by atoms with Crippen LogP contribution in [0.2, 0.25) is 0 Å². The highest BCUT2D eigenvalue weighted by atomic mass is 16.5. The van der Waals surface area contributed by atoms with Gasteiger partial charge < -0.3 is 4.74 Å². The van der Waals surface area contributed by atoms with Crippen LogP contribution in [0.3, 0.4) is 0 Å². The molecule has 0 N–H and O–H groups in total. The van der Waals surface area contributed by atoms with Crippen molar-refractivity contribution in [1.29, 1.82) is 0 Å². The topological polar surface area (TPSA) is 30.2 Å². The highest BCUT2D eigenvalue weighted by Gasteiger charge is 2.10. The predicted octanol–water partition coefficient (Wildman–Crippen LogP) is 8.44. The number of esters is 1. The van der Waals surface area contributed by atoms with E-state index in [4.69, 9.17) is 4.74 Å². The van der Waals surface area contributed by atoms with Gasteiger partial charge in [0.2, 0.25) is 0 Å². The molecule has 2 rings (SSSR count). The summed E-state index contributed by atoms with van der Waals surface area (Å²) in [6.45, 7) is 3.61. The minimum atomic E-state index is -0.215. The summed E-state index contributed by atoms with van der Waals surface area (Å²) < 4.78 is 7.53. The molecule has 0 radical (unpaired) electrons. The number of unbranched alkanes of at least 4 members (excludes halogenated alkanes) is 15. The third kappa shape index (κ3) is 13.5. The molecule has 0 saturated carbocycles. The maximum atomic E-state index is 12.2. The minimum Gasteiger partial charge on any atom is -0.462 e. The largest absolute Gasteiger partial charge is 0.462 e. The molecule has 188 valence electrons. The van der Waals surface area contributed by atoms with E-state index in [1.807, 2.05) is 42.7 Å². The first-order valence-electron chi connectivity index (χ1n) is 14.0. The van der Waals surface area contributed by atoms with Crippen LogP contribution >= 0.6 is 0 Å². The molecule has 0 unspecified atom stereocenters. The molecule has 34 heavy (non-hydrogen) atoms. The number of hydrogen-bond donors (Lipinski definition) is 0. The Bertz CT molecular complexity index is 742. The van der Waals surface area contributed by atoms with Crippen LogP contribution in [0.1, 0.15) is 126 Å². The zero-order chi connectivity index (χ0) is 24.1. The molecular weight excluding hydrogens is 418 g/mol. The molecule has 0 aliphatic rings. The van der Waals surface area contributed by atoms with E-state index in [1.165, 1.54) is 95.5 Å². The first-order chi connectivity index (χ1) is 16.8. The first kappa shape index (κ1) is 28.1. The van der Waals surface area contributed by atoms with E-state index in [9.17, 15) is 4.79 Å². The number of carbonyl (C=O) groups excluding carboxylic acids is 1. The molecule has 3 nitrogen and oxygen atoms in total. The van der Waals surface area contributed by atoms with Crippen LogP contribution in [0, 0.1) is 0 Å². The highest BCUT2D eigenvalue weighted by molar-refractivity contribution is 5.88. The van der Waals surface area contributed by atoms with E-state index in [2.05, 4.69) is 23.6 Å². The van der Waals surface area contributed by atoms with E-state index in [0.29, 0.717) is 12.2 Å². The van der Waals surface area contributed by atoms with E-state index in [-0.39, 0.29) is 5.97 Å². The molecular formula is C31H48NO2+. The van der Waals surface area contributed by atoms with Gasteiger partial charge in [-0.05, 0) is 6.42 Å². The van der Waals surface area contributed by atoms with Crippen LogP contribution < -0.4 is 4.57 Å². The van der Waals surface area contributed by atoms with Crippen molar-refractivity contribution in [2.75, 3.05) is 6.61 Å². The molecule has 0 spiro atoms. The summed E-state index contributed by atoms with van der Waals surface area (Å²) >= 11 is 0. The van der Waals surface area contributed by atoms with Crippen molar-refractivity contribution in [3.8, 4) is 0 Å². The molecule has 0 aliphatic carbocycles. The maximum absolute atomic E-state index is 12.2. The average molecular weight is 467 g/mol. The molecule has 0 aliphatic heterocycles. The second kappa shape index (κ2) is 19.2. The third-order valence-electron chi connectivity index (χ3n) is 6.57. The minimum absolute atomic E-state index is 0.215. The van der Waals surface area contributed by atoms with Crippen LogP contribution in [-0.2, 0) is 11.3 Å². The van der Waals surface area contributed by atoms with Crippen LogP contribution in [0.15, 0.2) is 54.9 Å². The Morgan fingerprint density at radius 3 is 1.62 bits per heavy atom. The standard InChI is InChI=1S/C31H48NO2/c1-2-3-4-5-6-7-8-9-10-11-12-13-14-15-16-20-27-34-31(33)30-23-25-32(26-24-30)28-29-21-18-17-19-22-29/h17-19,21-26H,2-16,20,27-28H2,1H3/q+1. The molecule has 3 heteroatoms. The summed E-state index contributed by atoms with van der Waals surface area (Å²) in [7, 11) is 0. The Kier molecular flexibility index (Phi) is 15.8. The van der Waals surface area contributed by atoms with Crippen molar-refractivity contribution in [2.45, 2.75) is 116 Å². The number of hydrogen-bond acceptors (Lipinski definition) is 2. The second-order valence-corrected chi connectivity index (χ2v) is 9.68. The summed E-state index contributed by atoms with van der Waals surface area (Å²) in [5.74, 6) is -0.215. The van der Waals surface area contributed by atoms with Crippen molar-refractivity contribution in [1.82, 2.24) is 0 Å². The Hall–Kier alpha value is -2.16. The highest BCUT2D eigenvalue weighted by Crippen LogP contribution is 2.14. The van der Waals surface area contributed by atoms with E-state index >= 15 is 0 Å². The molecule has 0 fully saturated rings. The number of ether oxygens (including phenoxy) is 1. The van der Waals surface area contributed by atoms with Gasteiger partial charge in [0, 0.05) is 17.7 Å². The zero-order valence-electron chi connectivity index (χ0n) is 21.7. The lowest BCUT2D eigenvalue weighted by molar-refractivity contribution is -0.688. The van der Waals surface area contributed by atoms with Crippen LogP contribution in [0.5, 0.6) is 0 Å². The first-order valence-corrected chi connectivity index (χ1v) is 14.0. The number of pyridine rings is 1. The summed E-state index contributed by atoms with van der Waals surface area (Å²) in [5, 5.41) is 0. The van der Waals surface area contributed by atoms with Crippen molar-refractivity contribution in [2.24, 2.45) is 0 Å². The van der Waals surface area contributed by atoms with Crippen LogP contribution in [0.25, 0.3) is 0 Å². The van der Waals surface area contributed by atoms with Gasteiger partial charge in [-0.3, -0.25) is 0 Å². The maximum Gasteiger partial charge on any atom is 0.338 e. The number of carbonyl (C=O) groups is 1. The Labute approximate surface area is 208 Å². The predicted molar refractivity (Wildman–Crippen MR) is 142 cm³/mol. The summed E-state index contributed by atoms with van der Waals surface area (Å²) in [6, 6.07) is 14.0. The molecule has 1 aromatic carbocycles. The average Bonchev–Trinajstić information content (AvgIpc) is 2.87. The van der Waals surface area contributed by atoms with Crippen molar-refractivity contribution in [3.63, 3.8) is 0 Å². The van der Waals surface area contributed by atoms with Gasteiger partial charge in [0.1, 0.15) is 0 Å². The molecule has 0 amide bonds. The SMILES string of the molecule is CCCCCCCCCCCCCCCCCCOC(=O)c1cc[n+](Cc2ccccc2)cc1. The van der Waals surface area contributed by atoms with Crippen molar-refractivity contribution in [3.05, 3.63) is 66.0 Å². The van der Waals surface area contributed by atoms with Gasteiger partial charge in [-0.2, -0.15) is 0 Å². The zero-order valence-corrected chi connectivity index (χ0v) is 21.7. The van der Waals surface area contributed by atoms with Crippen LogP contribution in [0.4, 0.5) is 0 Å². The molecule has 0 atom stereocenters. The Balaban J connectivity index is 1.38. The molecule has 1 aromatic heterocycles. The number of aromatic nitrogens is 1. The van der Waals surface area contributed by atoms with Crippen LogP contribution in [-0.4, -0.2) is 12.6 Å². The van der Waals surface area contributed by atoms with Crippen molar-refractivity contribution < 1.29 is 14.1 Å². The number of benzene rings is 1. The molecule has 0 saturated heterocycles. The summed E-state index contributed by atoms with van der Waals surface area (Å²) in [4.78, 5) is 12.2. The molecule has 2 aromatic rings. The van der Waals surface area contributed by atoms with Gasteiger partial charge in [0.25, 0.3) is 0 Å². The third-order valence-corrected chi connectivity index (χ3v) is 6.57.